The van der Waals surface area contributed by atoms with Gasteiger partial charge in [0.1, 0.15) is 5.60 Å². The van der Waals surface area contributed by atoms with E-state index in [2.05, 4.69) is 40.7 Å². The highest BCUT2D eigenvalue weighted by Gasteiger charge is 2.36. The standard InChI is InChI=1S/C21H27N3O/c1-3-22-20(24-16(2)17-9-5-4-6-10-17)23-15-21(25)14-13-18-11-7-8-12-19(18)21/h4-12,16,25H,3,13-15H2,1-2H3,(H2,22,23,24). The molecule has 132 valence electrons. The van der Waals surface area contributed by atoms with Gasteiger partial charge in [0.15, 0.2) is 5.96 Å². The molecule has 0 radical (unpaired) electrons. The Bertz CT molecular complexity index is 729. The maximum absolute atomic E-state index is 11.0. The molecule has 0 amide bonds. The third-order valence-electron chi connectivity index (χ3n) is 4.82. The van der Waals surface area contributed by atoms with Crippen molar-refractivity contribution in [3.63, 3.8) is 0 Å². The van der Waals surface area contributed by atoms with Crippen LogP contribution in [0.15, 0.2) is 59.6 Å². The lowest BCUT2D eigenvalue weighted by molar-refractivity contribution is 0.0485. The number of fused-ring (bicyclic) bond motifs is 1. The number of rotatable bonds is 5. The summed E-state index contributed by atoms with van der Waals surface area (Å²) in [7, 11) is 0. The lowest BCUT2D eigenvalue weighted by atomic mass is 9.96. The van der Waals surface area contributed by atoms with E-state index in [1.165, 1.54) is 11.1 Å². The molecule has 0 heterocycles. The first-order valence-electron chi connectivity index (χ1n) is 9.03. The molecule has 0 saturated carbocycles. The summed E-state index contributed by atoms with van der Waals surface area (Å²) in [5, 5.41) is 17.8. The maximum atomic E-state index is 11.0. The van der Waals surface area contributed by atoms with Crippen LogP contribution in [0.2, 0.25) is 0 Å². The van der Waals surface area contributed by atoms with E-state index in [0.29, 0.717) is 6.54 Å². The molecule has 1 aliphatic carbocycles. The van der Waals surface area contributed by atoms with Gasteiger partial charge in [-0.15, -0.1) is 0 Å². The Morgan fingerprint density at radius 1 is 1.16 bits per heavy atom. The molecule has 0 spiro atoms. The average molecular weight is 337 g/mol. The van der Waals surface area contributed by atoms with Crippen molar-refractivity contribution in [3.8, 4) is 0 Å². The van der Waals surface area contributed by atoms with Crippen LogP contribution in [0, 0.1) is 0 Å². The van der Waals surface area contributed by atoms with Crippen molar-refractivity contribution in [2.45, 2.75) is 38.3 Å². The van der Waals surface area contributed by atoms with Crippen LogP contribution in [0.5, 0.6) is 0 Å². The van der Waals surface area contributed by atoms with Crippen molar-refractivity contribution in [2.24, 2.45) is 4.99 Å². The van der Waals surface area contributed by atoms with Crippen LogP contribution in [-0.2, 0) is 12.0 Å². The van der Waals surface area contributed by atoms with Crippen LogP contribution in [0.25, 0.3) is 0 Å². The summed E-state index contributed by atoms with van der Waals surface area (Å²) >= 11 is 0. The quantitative estimate of drug-likeness (QED) is 0.580. The van der Waals surface area contributed by atoms with Crippen molar-refractivity contribution in [1.29, 1.82) is 0 Å². The zero-order chi connectivity index (χ0) is 17.7. The molecule has 3 N–H and O–H groups in total. The molecule has 4 nitrogen and oxygen atoms in total. The summed E-state index contributed by atoms with van der Waals surface area (Å²) in [5.41, 5.74) is 2.59. The predicted octanol–water partition coefficient (Wildman–Crippen LogP) is 3.14. The first-order chi connectivity index (χ1) is 12.1. The van der Waals surface area contributed by atoms with Gasteiger partial charge in [0, 0.05) is 6.54 Å². The smallest absolute Gasteiger partial charge is 0.191 e. The molecule has 0 aromatic heterocycles. The van der Waals surface area contributed by atoms with E-state index in [-0.39, 0.29) is 6.04 Å². The van der Waals surface area contributed by atoms with Crippen LogP contribution in [0.1, 0.15) is 43.0 Å². The maximum Gasteiger partial charge on any atom is 0.191 e. The SMILES string of the molecule is CCNC(=NCC1(O)CCc2ccccc21)NC(C)c1ccccc1. The Balaban J connectivity index is 1.73. The fourth-order valence-corrected chi connectivity index (χ4v) is 3.39. The van der Waals surface area contributed by atoms with Crippen molar-refractivity contribution in [1.82, 2.24) is 10.6 Å². The second kappa shape index (κ2) is 7.70. The van der Waals surface area contributed by atoms with Crippen molar-refractivity contribution in [3.05, 3.63) is 71.3 Å². The lowest BCUT2D eigenvalue weighted by Gasteiger charge is -2.24. The van der Waals surface area contributed by atoms with E-state index in [0.717, 1.165) is 30.9 Å². The highest BCUT2D eigenvalue weighted by Crippen LogP contribution is 2.36. The Kier molecular flexibility index (Phi) is 5.39. The van der Waals surface area contributed by atoms with Gasteiger partial charge in [0.25, 0.3) is 0 Å². The fourth-order valence-electron chi connectivity index (χ4n) is 3.39. The second-order valence-electron chi connectivity index (χ2n) is 6.66. The molecular formula is C21H27N3O. The molecule has 2 aromatic carbocycles. The largest absolute Gasteiger partial charge is 0.383 e. The summed E-state index contributed by atoms with van der Waals surface area (Å²) in [6, 6.07) is 18.6. The van der Waals surface area contributed by atoms with Gasteiger partial charge in [-0.25, -0.2) is 4.99 Å². The van der Waals surface area contributed by atoms with Crippen LogP contribution in [0.3, 0.4) is 0 Å². The zero-order valence-electron chi connectivity index (χ0n) is 15.0. The van der Waals surface area contributed by atoms with E-state index < -0.39 is 5.60 Å². The van der Waals surface area contributed by atoms with E-state index in [9.17, 15) is 5.11 Å². The Morgan fingerprint density at radius 2 is 1.88 bits per heavy atom. The average Bonchev–Trinajstić information content (AvgIpc) is 2.98. The second-order valence-corrected chi connectivity index (χ2v) is 6.66. The number of nitrogens with one attached hydrogen (secondary N) is 2. The zero-order valence-corrected chi connectivity index (χ0v) is 15.0. The highest BCUT2D eigenvalue weighted by atomic mass is 16.3. The van der Waals surface area contributed by atoms with Crippen molar-refractivity contribution in [2.75, 3.05) is 13.1 Å². The topological polar surface area (TPSA) is 56.7 Å². The molecule has 0 saturated heterocycles. The summed E-state index contributed by atoms with van der Waals surface area (Å²) in [6.07, 6.45) is 1.63. The van der Waals surface area contributed by atoms with Crippen LogP contribution >= 0.6 is 0 Å². The van der Waals surface area contributed by atoms with E-state index in [1.54, 1.807) is 0 Å². The predicted molar refractivity (Wildman–Crippen MR) is 103 cm³/mol. The van der Waals surface area contributed by atoms with Gasteiger partial charge in [-0.3, -0.25) is 0 Å². The van der Waals surface area contributed by atoms with Crippen LogP contribution in [0.4, 0.5) is 0 Å². The number of hydrogen-bond donors (Lipinski definition) is 3. The van der Waals surface area contributed by atoms with Gasteiger partial charge in [-0.05, 0) is 43.4 Å². The minimum absolute atomic E-state index is 0.143. The molecule has 4 heteroatoms. The van der Waals surface area contributed by atoms with E-state index in [1.807, 2.05) is 43.3 Å². The highest BCUT2D eigenvalue weighted by molar-refractivity contribution is 5.80. The van der Waals surface area contributed by atoms with Gasteiger partial charge in [-0.2, -0.15) is 0 Å². The number of benzene rings is 2. The monoisotopic (exact) mass is 337 g/mol. The Hall–Kier alpha value is -2.33. The third kappa shape index (κ3) is 4.02. The van der Waals surface area contributed by atoms with Crippen molar-refractivity contribution >= 4 is 5.96 Å². The number of nitrogens with zero attached hydrogens (tertiary/aromatic N) is 1. The molecular weight excluding hydrogens is 310 g/mol. The van der Waals surface area contributed by atoms with E-state index >= 15 is 0 Å². The number of aliphatic imine (C=N–C) groups is 1. The number of guanidine groups is 1. The van der Waals surface area contributed by atoms with Crippen LogP contribution < -0.4 is 10.6 Å². The number of aliphatic hydroxyl groups is 1. The minimum Gasteiger partial charge on any atom is -0.383 e. The lowest BCUT2D eigenvalue weighted by Crippen LogP contribution is -2.40. The molecule has 1 aliphatic rings. The summed E-state index contributed by atoms with van der Waals surface area (Å²) in [6.45, 7) is 5.30. The van der Waals surface area contributed by atoms with Gasteiger partial charge in [0.2, 0.25) is 0 Å². The molecule has 0 aliphatic heterocycles. The molecule has 0 fully saturated rings. The normalized spacial score (nSPS) is 20.8. The fraction of sp³-hybridized carbons (Fsp3) is 0.381. The first kappa shape index (κ1) is 17.5. The number of aryl methyl sites for hydroxylation is 1. The van der Waals surface area contributed by atoms with Gasteiger partial charge >= 0.3 is 0 Å². The third-order valence-corrected chi connectivity index (χ3v) is 4.82. The molecule has 2 unspecified atom stereocenters. The van der Waals surface area contributed by atoms with Gasteiger partial charge in [0.05, 0.1) is 12.6 Å². The Morgan fingerprint density at radius 3 is 2.64 bits per heavy atom. The molecule has 3 rings (SSSR count). The minimum atomic E-state index is -0.866. The van der Waals surface area contributed by atoms with Crippen molar-refractivity contribution < 1.29 is 5.11 Å². The first-order valence-corrected chi connectivity index (χ1v) is 9.03. The molecule has 0 bridgehead atoms. The summed E-state index contributed by atoms with van der Waals surface area (Å²) in [5.74, 6) is 0.733. The number of hydrogen-bond acceptors (Lipinski definition) is 2. The molecule has 2 aromatic rings. The van der Waals surface area contributed by atoms with E-state index in [4.69, 9.17) is 0 Å². The molecule has 25 heavy (non-hydrogen) atoms. The molecule has 2 atom stereocenters. The summed E-state index contributed by atoms with van der Waals surface area (Å²) < 4.78 is 0. The van der Waals surface area contributed by atoms with Gasteiger partial charge < -0.3 is 15.7 Å². The van der Waals surface area contributed by atoms with Crippen LogP contribution in [-0.4, -0.2) is 24.2 Å². The Labute approximate surface area is 150 Å². The van der Waals surface area contributed by atoms with Gasteiger partial charge in [-0.1, -0.05) is 54.6 Å². The summed E-state index contributed by atoms with van der Waals surface area (Å²) in [4.78, 5) is 4.68.